The van der Waals surface area contributed by atoms with Crippen LogP contribution in [0.1, 0.15) is 37.1 Å². The van der Waals surface area contributed by atoms with Gasteiger partial charge < -0.3 is 19.7 Å². The van der Waals surface area contributed by atoms with Crippen molar-refractivity contribution in [1.82, 2.24) is 10.1 Å². The number of rotatable bonds is 2. The number of aromatic nitrogens is 2. The summed E-state index contributed by atoms with van der Waals surface area (Å²) in [5.74, 6) is 2.42. The number of para-hydroxylation sites is 2. The molecule has 2 heterocycles. The first-order valence-corrected chi connectivity index (χ1v) is 6.76. The Labute approximate surface area is 115 Å². The smallest absolute Gasteiger partial charge is 0.271 e. The number of ether oxygens (including phenoxy) is 2. The highest BCUT2D eigenvalue weighted by molar-refractivity contribution is 5.40. The molecule has 1 atom stereocenters. The maximum absolute atomic E-state index is 6.19. The van der Waals surface area contributed by atoms with Crippen molar-refractivity contribution in [3.05, 3.63) is 36.0 Å². The van der Waals surface area contributed by atoms with Crippen LogP contribution in [0.4, 0.5) is 0 Å². The Morgan fingerprint density at radius 1 is 1.20 bits per heavy atom. The Morgan fingerprint density at radius 2 is 2.00 bits per heavy atom. The topological polar surface area (TPSA) is 83.4 Å². The lowest BCUT2D eigenvalue weighted by atomic mass is 9.77. The molecule has 0 radical (unpaired) electrons. The van der Waals surface area contributed by atoms with Crippen LogP contribution in [0.15, 0.2) is 28.8 Å². The predicted molar refractivity (Wildman–Crippen MR) is 69.3 cm³/mol. The van der Waals surface area contributed by atoms with Gasteiger partial charge in [-0.05, 0) is 31.4 Å². The van der Waals surface area contributed by atoms with Gasteiger partial charge in [0.25, 0.3) is 5.89 Å². The van der Waals surface area contributed by atoms with Crippen LogP contribution >= 0.6 is 0 Å². The second kappa shape index (κ2) is 4.21. The van der Waals surface area contributed by atoms with Crippen molar-refractivity contribution in [3.8, 4) is 11.5 Å². The minimum absolute atomic E-state index is 0.357. The van der Waals surface area contributed by atoms with Gasteiger partial charge in [0, 0.05) is 0 Å². The van der Waals surface area contributed by atoms with E-state index in [0.717, 1.165) is 25.0 Å². The number of nitrogens with zero attached hydrogens (tertiary/aromatic N) is 2. The van der Waals surface area contributed by atoms with E-state index in [9.17, 15) is 0 Å². The van der Waals surface area contributed by atoms with Crippen LogP contribution in [0, 0.1) is 0 Å². The minimum Gasteiger partial charge on any atom is -0.485 e. The number of hydrogen-bond acceptors (Lipinski definition) is 6. The lowest BCUT2D eigenvalue weighted by molar-refractivity contribution is 0.0665. The van der Waals surface area contributed by atoms with Crippen molar-refractivity contribution in [2.45, 2.75) is 30.9 Å². The third-order valence-electron chi connectivity index (χ3n) is 3.92. The molecule has 6 nitrogen and oxygen atoms in total. The molecule has 1 saturated carbocycles. The summed E-state index contributed by atoms with van der Waals surface area (Å²) in [7, 11) is 0. The van der Waals surface area contributed by atoms with Crippen LogP contribution < -0.4 is 15.2 Å². The molecule has 104 valence electrons. The molecular weight excluding hydrogens is 258 g/mol. The average molecular weight is 273 g/mol. The maximum Gasteiger partial charge on any atom is 0.271 e. The first kappa shape index (κ1) is 11.7. The molecule has 1 aliphatic heterocycles. The van der Waals surface area contributed by atoms with Crippen LogP contribution in [0.3, 0.4) is 0 Å². The number of nitrogens with two attached hydrogens (primary N) is 1. The van der Waals surface area contributed by atoms with E-state index in [2.05, 4.69) is 10.1 Å². The van der Waals surface area contributed by atoms with E-state index in [0.29, 0.717) is 24.1 Å². The van der Waals surface area contributed by atoms with Gasteiger partial charge in [-0.15, -0.1) is 0 Å². The Hall–Kier alpha value is -2.08. The van der Waals surface area contributed by atoms with Crippen LogP contribution in [0.5, 0.6) is 11.5 Å². The third-order valence-corrected chi connectivity index (χ3v) is 3.92. The summed E-state index contributed by atoms with van der Waals surface area (Å²) in [6.07, 6.45) is 2.53. The van der Waals surface area contributed by atoms with Crippen molar-refractivity contribution < 1.29 is 14.0 Å². The zero-order valence-corrected chi connectivity index (χ0v) is 10.9. The summed E-state index contributed by atoms with van der Waals surface area (Å²) in [6, 6.07) is 7.53. The molecule has 2 aromatic rings. The van der Waals surface area contributed by atoms with Crippen LogP contribution in [-0.2, 0) is 5.54 Å². The zero-order valence-electron chi connectivity index (χ0n) is 10.9. The van der Waals surface area contributed by atoms with E-state index < -0.39 is 5.54 Å². The molecule has 6 heteroatoms. The molecule has 0 bridgehead atoms. The van der Waals surface area contributed by atoms with Crippen molar-refractivity contribution in [1.29, 1.82) is 0 Å². The summed E-state index contributed by atoms with van der Waals surface area (Å²) < 4.78 is 16.8. The predicted octanol–water partition coefficient (Wildman–Crippen LogP) is 1.92. The van der Waals surface area contributed by atoms with E-state index in [4.69, 9.17) is 19.7 Å². The van der Waals surface area contributed by atoms with E-state index in [1.807, 2.05) is 24.3 Å². The molecule has 1 aliphatic carbocycles. The van der Waals surface area contributed by atoms with Gasteiger partial charge in [-0.3, -0.25) is 0 Å². The molecule has 0 amide bonds. The van der Waals surface area contributed by atoms with Gasteiger partial charge in [-0.2, -0.15) is 4.98 Å². The highest BCUT2D eigenvalue weighted by atomic mass is 16.6. The summed E-state index contributed by atoms with van der Waals surface area (Å²) in [5, 5.41) is 3.99. The normalized spacial score (nSPS) is 23.1. The summed E-state index contributed by atoms with van der Waals surface area (Å²) in [6.45, 7) is 0.357. The Bertz CT molecular complexity index is 636. The zero-order chi connectivity index (χ0) is 13.6. The molecule has 2 aliphatic rings. The summed E-state index contributed by atoms with van der Waals surface area (Å²) in [4.78, 5) is 4.39. The SMILES string of the molecule is NC1(c2noc(C3COc4ccccc4O3)n2)CCC1. The molecule has 1 aromatic carbocycles. The van der Waals surface area contributed by atoms with Gasteiger partial charge in [0.2, 0.25) is 6.10 Å². The van der Waals surface area contributed by atoms with Crippen molar-refractivity contribution in [2.24, 2.45) is 5.73 Å². The third kappa shape index (κ3) is 1.76. The fourth-order valence-electron chi connectivity index (χ4n) is 2.49. The van der Waals surface area contributed by atoms with Crippen molar-refractivity contribution in [2.75, 3.05) is 6.61 Å². The lowest BCUT2D eigenvalue weighted by Gasteiger charge is -2.34. The van der Waals surface area contributed by atoms with Gasteiger partial charge >= 0.3 is 0 Å². The van der Waals surface area contributed by atoms with Crippen LogP contribution in [-0.4, -0.2) is 16.7 Å². The molecule has 4 rings (SSSR count). The number of fused-ring (bicyclic) bond motifs is 1. The molecular formula is C14H15N3O3. The first-order valence-electron chi connectivity index (χ1n) is 6.76. The molecule has 0 spiro atoms. The maximum atomic E-state index is 6.19. The second-order valence-corrected chi connectivity index (χ2v) is 5.33. The lowest BCUT2D eigenvalue weighted by Crippen LogP contribution is -2.44. The highest BCUT2D eigenvalue weighted by Gasteiger charge is 2.40. The van der Waals surface area contributed by atoms with Gasteiger partial charge in [-0.25, -0.2) is 0 Å². The first-order chi connectivity index (χ1) is 9.74. The van der Waals surface area contributed by atoms with E-state index in [1.165, 1.54) is 0 Å². The Morgan fingerprint density at radius 3 is 2.75 bits per heavy atom. The van der Waals surface area contributed by atoms with E-state index in [-0.39, 0.29) is 6.10 Å². The molecule has 0 saturated heterocycles. The Kier molecular flexibility index (Phi) is 2.47. The molecule has 1 aromatic heterocycles. The molecule has 20 heavy (non-hydrogen) atoms. The van der Waals surface area contributed by atoms with Gasteiger partial charge in [-0.1, -0.05) is 17.3 Å². The summed E-state index contributed by atoms with van der Waals surface area (Å²) in [5.41, 5.74) is 5.77. The number of benzene rings is 1. The van der Waals surface area contributed by atoms with E-state index >= 15 is 0 Å². The van der Waals surface area contributed by atoms with Gasteiger partial charge in [0.15, 0.2) is 17.3 Å². The standard InChI is InChI=1S/C14H15N3O3/c15-14(6-3-7-14)13-16-12(20-17-13)11-8-18-9-4-1-2-5-10(9)19-11/h1-2,4-5,11H,3,6-8,15H2. The van der Waals surface area contributed by atoms with Crippen molar-refractivity contribution >= 4 is 0 Å². The van der Waals surface area contributed by atoms with Gasteiger partial charge in [0.1, 0.15) is 6.61 Å². The molecule has 1 unspecified atom stereocenters. The minimum atomic E-state index is -0.421. The Balaban J connectivity index is 1.57. The average Bonchev–Trinajstić information content (AvgIpc) is 2.94. The monoisotopic (exact) mass is 273 g/mol. The molecule has 1 fully saturated rings. The molecule has 2 N–H and O–H groups in total. The number of hydrogen-bond donors (Lipinski definition) is 1. The quantitative estimate of drug-likeness (QED) is 0.900. The summed E-state index contributed by atoms with van der Waals surface area (Å²) >= 11 is 0. The fourth-order valence-corrected chi connectivity index (χ4v) is 2.49. The van der Waals surface area contributed by atoms with E-state index in [1.54, 1.807) is 0 Å². The van der Waals surface area contributed by atoms with Crippen LogP contribution in [0.25, 0.3) is 0 Å². The second-order valence-electron chi connectivity index (χ2n) is 5.33. The highest BCUT2D eigenvalue weighted by Crippen LogP contribution is 2.39. The van der Waals surface area contributed by atoms with Crippen LogP contribution in [0.2, 0.25) is 0 Å². The van der Waals surface area contributed by atoms with Gasteiger partial charge in [0.05, 0.1) is 5.54 Å². The fraction of sp³-hybridized carbons (Fsp3) is 0.429. The van der Waals surface area contributed by atoms with Crippen molar-refractivity contribution in [3.63, 3.8) is 0 Å². The largest absolute Gasteiger partial charge is 0.485 e.